The molecule has 0 unspecified atom stereocenters. The summed E-state index contributed by atoms with van der Waals surface area (Å²) >= 11 is 0. The normalized spacial score (nSPS) is 21.2. The van der Waals surface area contributed by atoms with E-state index >= 15 is 0 Å². The molecule has 132 valence electrons. The lowest BCUT2D eigenvalue weighted by molar-refractivity contribution is -0.150. The highest BCUT2D eigenvalue weighted by Crippen LogP contribution is 2.34. The van der Waals surface area contributed by atoms with Crippen LogP contribution in [0.1, 0.15) is 45.6 Å². The summed E-state index contributed by atoms with van der Waals surface area (Å²) < 4.78 is 10.7. The summed E-state index contributed by atoms with van der Waals surface area (Å²) in [6.45, 7) is 8.46. The van der Waals surface area contributed by atoms with Crippen molar-refractivity contribution in [1.82, 2.24) is 9.88 Å². The van der Waals surface area contributed by atoms with Crippen LogP contribution < -0.4 is 0 Å². The number of ether oxygens (including phenoxy) is 2. The number of aromatic nitrogens is 1. The molecule has 1 fully saturated rings. The third kappa shape index (κ3) is 4.69. The van der Waals surface area contributed by atoms with Gasteiger partial charge in [-0.05, 0) is 51.8 Å². The molecule has 0 radical (unpaired) electrons. The first-order valence-corrected chi connectivity index (χ1v) is 8.36. The van der Waals surface area contributed by atoms with E-state index in [1.807, 2.05) is 32.9 Å². The molecule has 1 saturated heterocycles. The predicted molar refractivity (Wildman–Crippen MR) is 89.5 cm³/mol. The lowest BCUT2D eigenvalue weighted by atomic mass is 9.81. The molecule has 1 aliphatic rings. The van der Waals surface area contributed by atoms with Crippen LogP contribution in [0.25, 0.3) is 0 Å². The number of likely N-dealkylation sites (tertiary alicyclic amines) is 1. The summed E-state index contributed by atoms with van der Waals surface area (Å²) in [5.41, 5.74) is 0.491. The zero-order valence-corrected chi connectivity index (χ0v) is 14.8. The minimum absolute atomic E-state index is 0.0192. The van der Waals surface area contributed by atoms with Gasteiger partial charge in [-0.3, -0.25) is 9.78 Å². The number of hydrogen-bond donors (Lipinski definition) is 0. The molecule has 1 aliphatic heterocycles. The van der Waals surface area contributed by atoms with Gasteiger partial charge in [0.15, 0.2) is 0 Å². The van der Waals surface area contributed by atoms with Crippen LogP contribution in [0, 0.1) is 5.92 Å². The Kier molecular flexibility index (Phi) is 5.80. The summed E-state index contributed by atoms with van der Waals surface area (Å²) in [6.07, 6.45) is 3.74. The van der Waals surface area contributed by atoms with Crippen LogP contribution in [-0.2, 0) is 14.3 Å². The molecule has 6 heteroatoms. The smallest absolute Gasteiger partial charge is 0.410 e. The number of rotatable bonds is 3. The van der Waals surface area contributed by atoms with E-state index in [0.29, 0.717) is 26.1 Å². The lowest BCUT2D eigenvalue weighted by Crippen LogP contribution is -2.47. The zero-order chi connectivity index (χ0) is 17.7. The average molecular weight is 334 g/mol. The maximum absolute atomic E-state index is 12.4. The molecule has 6 nitrogen and oxygen atoms in total. The number of piperidine rings is 1. The molecular weight excluding hydrogens is 308 g/mol. The monoisotopic (exact) mass is 334 g/mol. The maximum atomic E-state index is 12.4. The van der Waals surface area contributed by atoms with E-state index < -0.39 is 11.5 Å². The van der Waals surface area contributed by atoms with Gasteiger partial charge in [0, 0.05) is 31.4 Å². The van der Waals surface area contributed by atoms with Gasteiger partial charge in [0.1, 0.15) is 5.60 Å². The largest absolute Gasteiger partial charge is 0.466 e. The molecule has 1 aromatic heterocycles. The molecular formula is C18H26N2O4. The van der Waals surface area contributed by atoms with E-state index in [-0.39, 0.29) is 18.0 Å². The third-order valence-corrected chi connectivity index (χ3v) is 3.99. The first-order valence-electron chi connectivity index (χ1n) is 8.36. The van der Waals surface area contributed by atoms with Gasteiger partial charge < -0.3 is 14.4 Å². The van der Waals surface area contributed by atoms with Crippen LogP contribution in [-0.4, -0.2) is 47.2 Å². The molecule has 1 aromatic rings. The van der Waals surface area contributed by atoms with Crippen LogP contribution in [0.15, 0.2) is 24.5 Å². The maximum Gasteiger partial charge on any atom is 0.410 e. The Bertz CT molecular complexity index is 568. The molecule has 2 heterocycles. The Hall–Kier alpha value is -2.11. The molecule has 0 saturated carbocycles. The molecule has 24 heavy (non-hydrogen) atoms. The van der Waals surface area contributed by atoms with Gasteiger partial charge >= 0.3 is 12.1 Å². The van der Waals surface area contributed by atoms with Crippen molar-refractivity contribution in [1.29, 1.82) is 0 Å². The molecule has 0 aliphatic carbocycles. The van der Waals surface area contributed by atoms with Crippen molar-refractivity contribution < 1.29 is 19.1 Å². The molecule has 0 spiro atoms. The molecule has 2 rings (SSSR count). The highest BCUT2D eigenvalue weighted by Gasteiger charge is 2.39. The van der Waals surface area contributed by atoms with Gasteiger partial charge in [-0.15, -0.1) is 0 Å². The third-order valence-electron chi connectivity index (χ3n) is 3.99. The fourth-order valence-corrected chi connectivity index (χ4v) is 2.94. The molecule has 0 bridgehead atoms. The first kappa shape index (κ1) is 18.2. The number of esters is 1. The summed E-state index contributed by atoms with van der Waals surface area (Å²) in [5, 5.41) is 0. The van der Waals surface area contributed by atoms with Crippen molar-refractivity contribution in [3.63, 3.8) is 0 Å². The van der Waals surface area contributed by atoms with Crippen molar-refractivity contribution in [2.45, 2.75) is 45.6 Å². The van der Waals surface area contributed by atoms with Gasteiger partial charge in [0.25, 0.3) is 0 Å². The van der Waals surface area contributed by atoms with Crippen molar-refractivity contribution in [3.8, 4) is 0 Å². The van der Waals surface area contributed by atoms with E-state index in [9.17, 15) is 9.59 Å². The number of carbonyl (C=O) groups excluding carboxylic acids is 2. The lowest BCUT2D eigenvalue weighted by Gasteiger charge is -2.38. The molecule has 2 atom stereocenters. The van der Waals surface area contributed by atoms with Crippen molar-refractivity contribution >= 4 is 12.1 Å². The summed E-state index contributed by atoms with van der Waals surface area (Å²) in [6, 6.07) is 3.83. The Balaban J connectivity index is 2.16. The molecule has 0 aromatic carbocycles. The Morgan fingerprint density at radius 2 is 1.96 bits per heavy atom. The van der Waals surface area contributed by atoms with Crippen molar-refractivity contribution in [3.05, 3.63) is 30.1 Å². The van der Waals surface area contributed by atoms with Crippen LogP contribution in [0.5, 0.6) is 0 Å². The number of hydrogen-bond acceptors (Lipinski definition) is 5. The summed E-state index contributed by atoms with van der Waals surface area (Å²) in [5.74, 6) is -0.646. The van der Waals surface area contributed by atoms with Gasteiger partial charge in [0.05, 0.1) is 12.5 Å². The fraction of sp³-hybridized carbons (Fsp3) is 0.611. The average Bonchev–Trinajstić information content (AvgIpc) is 2.54. The number of amides is 1. The molecule has 0 N–H and O–H groups in total. The number of carbonyl (C=O) groups is 2. The summed E-state index contributed by atoms with van der Waals surface area (Å²) in [7, 11) is 0. The fourth-order valence-electron chi connectivity index (χ4n) is 2.94. The van der Waals surface area contributed by atoms with Crippen LogP contribution in [0.3, 0.4) is 0 Å². The summed E-state index contributed by atoms with van der Waals surface area (Å²) in [4.78, 5) is 30.4. The van der Waals surface area contributed by atoms with Crippen LogP contribution >= 0.6 is 0 Å². The van der Waals surface area contributed by atoms with Gasteiger partial charge in [-0.25, -0.2) is 4.79 Å². The van der Waals surface area contributed by atoms with Crippen LogP contribution in [0.2, 0.25) is 0 Å². The van der Waals surface area contributed by atoms with E-state index in [2.05, 4.69) is 4.98 Å². The number of nitrogens with zero attached hydrogens (tertiary/aromatic N) is 2. The predicted octanol–water partition coefficient (Wildman–Crippen LogP) is 2.99. The topological polar surface area (TPSA) is 68.7 Å². The van der Waals surface area contributed by atoms with Gasteiger partial charge in [0.2, 0.25) is 0 Å². The highest BCUT2D eigenvalue weighted by atomic mass is 16.6. The van der Waals surface area contributed by atoms with E-state index in [4.69, 9.17) is 9.47 Å². The van der Waals surface area contributed by atoms with E-state index in [1.54, 1.807) is 24.2 Å². The van der Waals surface area contributed by atoms with E-state index in [1.165, 1.54) is 0 Å². The molecule has 1 amide bonds. The number of pyridine rings is 1. The Labute approximate surface area is 143 Å². The second-order valence-electron chi connectivity index (χ2n) is 6.96. The standard InChI is InChI=1S/C18H26N2O4/c1-5-23-16(21)15-12-20(17(22)24-18(2,3)4)11-8-14(15)13-6-9-19-10-7-13/h6-7,9-10,14-15H,5,8,11-12H2,1-4H3/t14-,15-/m0/s1. The minimum Gasteiger partial charge on any atom is -0.466 e. The second-order valence-corrected chi connectivity index (χ2v) is 6.96. The van der Waals surface area contributed by atoms with Gasteiger partial charge in [-0.2, -0.15) is 0 Å². The quantitative estimate of drug-likeness (QED) is 0.795. The minimum atomic E-state index is -0.557. The Morgan fingerprint density at radius 1 is 1.29 bits per heavy atom. The first-order chi connectivity index (χ1) is 11.3. The second kappa shape index (κ2) is 7.64. The van der Waals surface area contributed by atoms with Gasteiger partial charge in [-0.1, -0.05) is 0 Å². The SMILES string of the molecule is CCOC(=O)[C@H]1CN(C(=O)OC(C)(C)C)CC[C@H]1c1ccncc1. The zero-order valence-electron chi connectivity index (χ0n) is 14.8. The Morgan fingerprint density at radius 3 is 2.54 bits per heavy atom. The van der Waals surface area contributed by atoms with Crippen molar-refractivity contribution in [2.24, 2.45) is 5.92 Å². The van der Waals surface area contributed by atoms with Crippen LogP contribution in [0.4, 0.5) is 4.79 Å². The highest BCUT2D eigenvalue weighted by molar-refractivity contribution is 5.76. The van der Waals surface area contributed by atoms with Crippen molar-refractivity contribution in [2.75, 3.05) is 19.7 Å². The van der Waals surface area contributed by atoms with E-state index in [0.717, 1.165) is 5.56 Å².